The topological polar surface area (TPSA) is 60.1 Å². The Morgan fingerprint density at radius 1 is 1.24 bits per heavy atom. The number of aromatic nitrogens is 3. The molecule has 0 saturated carbocycles. The zero-order valence-corrected chi connectivity index (χ0v) is 15.0. The normalized spacial score (nSPS) is 22.2. The third-order valence-corrected chi connectivity index (χ3v) is 5.48. The molecular formula is C19H24N4O2. The molecule has 132 valence electrons. The van der Waals surface area contributed by atoms with Gasteiger partial charge in [0.05, 0.1) is 5.69 Å². The van der Waals surface area contributed by atoms with Crippen LogP contribution >= 0.6 is 0 Å². The van der Waals surface area contributed by atoms with Crippen molar-refractivity contribution in [1.82, 2.24) is 19.2 Å². The van der Waals surface area contributed by atoms with Crippen LogP contribution in [-0.2, 0) is 13.6 Å². The summed E-state index contributed by atoms with van der Waals surface area (Å²) in [6, 6.07) is 7.38. The van der Waals surface area contributed by atoms with E-state index in [2.05, 4.69) is 18.9 Å². The van der Waals surface area contributed by atoms with Crippen LogP contribution in [0.5, 0.6) is 0 Å². The number of carbonyl (C=O) groups excluding carboxylic acids is 1. The van der Waals surface area contributed by atoms with E-state index in [1.807, 2.05) is 34.7 Å². The Balaban J connectivity index is 1.62. The van der Waals surface area contributed by atoms with Crippen LogP contribution in [-0.4, -0.2) is 38.2 Å². The Bertz CT molecular complexity index is 880. The molecule has 1 saturated heterocycles. The molecule has 2 aromatic heterocycles. The number of likely N-dealkylation sites (tertiary alicyclic amines) is 1. The zero-order valence-electron chi connectivity index (χ0n) is 15.0. The monoisotopic (exact) mass is 340 g/mol. The molecule has 4 rings (SSSR count). The molecule has 2 bridgehead atoms. The van der Waals surface area contributed by atoms with Crippen molar-refractivity contribution in [2.75, 3.05) is 13.1 Å². The second-order valence-corrected chi connectivity index (χ2v) is 7.64. The van der Waals surface area contributed by atoms with Gasteiger partial charge in [0.2, 0.25) is 0 Å². The van der Waals surface area contributed by atoms with Crippen LogP contribution in [0.25, 0.3) is 0 Å². The third kappa shape index (κ3) is 2.69. The fourth-order valence-corrected chi connectivity index (χ4v) is 4.20. The summed E-state index contributed by atoms with van der Waals surface area (Å²) >= 11 is 0. The molecule has 0 radical (unpaired) electrons. The first kappa shape index (κ1) is 16.1. The summed E-state index contributed by atoms with van der Waals surface area (Å²) in [7, 11) is 1.83. The van der Waals surface area contributed by atoms with Crippen LogP contribution in [0.4, 0.5) is 0 Å². The highest BCUT2D eigenvalue weighted by Gasteiger charge is 2.37. The number of fused-ring (bicyclic) bond motifs is 4. The fourth-order valence-electron chi connectivity index (χ4n) is 4.20. The highest BCUT2D eigenvalue weighted by atomic mass is 16.2. The number of piperidine rings is 1. The Labute approximate surface area is 147 Å². The second kappa shape index (κ2) is 5.86. The lowest BCUT2D eigenvalue weighted by atomic mass is 9.83. The Morgan fingerprint density at radius 2 is 2.04 bits per heavy atom. The van der Waals surface area contributed by atoms with Crippen LogP contribution in [0.1, 0.15) is 54.0 Å². The van der Waals surface area contributed by atoms with Crippen molar-refractivity contribution in [2.45, 2.75) is 38.6 Å². The molecule has 2 unspecified atom stereocenters. The van der Waals surface area contributed by atoms with Gasteiger partial charge in [0.1, 0.15) is 5.69 Å². The van der Waals surface area contributed by atoms with E-state index in [-0.39, 0.29) is 17.4 Å². The quantitative estimate of drug-likeness (QED) is 0.840. The van der Waals surface area contributed by atoms with E-state index in [1.165, 1.54) is 0 Å². The molecule has 0 spiro atoms. The predicted octanol–water partition coefficient (Wildman–Crippen LogP) is 1.96. The number of hydrogen-bond donors (Lipinski definition) is 0. The maximum atomic E-state index is 13.1. The van der Waals surface area contributed by atoms with Crippen LogP contribution in [0.15, 0.2) is 29.1 Å². The zero-order chi connectivity index (χ0) is 17.7. The van der Waals surface area contributed by atoms with Crippen LogP contribution in [0.3, 0.4) is 0 Å². The van der Waals surface area contributed by atoms with Gasteiger partial charge in [-0.3, -0.25) is 14.3 Å². The molecule has 1 amide bonds. The molecule has 1 fully saturated rings. The SMILES string of the molecule is CC(C)c1cc(C(=O)N2CC3CC(C2)c2cccc(=O)n2C3)n(C)n1. The van der Waals surface area contributed by atoms with Crippen LogP contribution < -0.4 is 5.56 Å². The highest BCUT2D eigenvalue weighted by molar-refractivity contribution is 5.92. The largest absolute Gasteiger partial charge is 0.336 e. The number of carbonyl (C=O) groups is 1. The van der Waals surface area contributed by atoms with Gasteiger partial charge in [-0.1, -0.05) is 19.9 Å². The van der Waals surface area contributed by atoms with E-state index in [0.29, 0.717) is 37.2 Å². The van der Waals surface area contributed by atoms with Crippen molar-refractivity contribution in [3.05, 3.63) is 51.7 Å². The maximum absolute atomic E-state index is 13.1. The molecular weight excluding hydrogens is 316 g/mol. The summed E-state index contributed by atoms with van der Waals surface area (Å²) in [4.78, 5) is 27.1. The molecule has 0 aliphatic carbocycles. The average Bonchev–Trinajstić information content (AvgIpc) is 2.97. The molecule has 0 N–H and O–H groups in total. The van der Waals surface area contributed by atoms with Gasteiger partial charge < -0.3 is 9.47 Å². The van der Waals surface area contributed by atoms with Crippen molar-refractivity contribution in [1.29, 1.82) is 0 Å². The second-order valence-electron chi connectivity index (χ2n) is 7.64. The fraction of sp³-hybridized carbons (Fsp3) is 0.526. The van der Waals surface area contributed by atoms with Crippen molar-refractivity contribution in [3.63, 3.8) is 0 Å². The first-order valence-corrected chi connectivity index (χ1v) is 8.97. The summed E-state index contributed by atoms with van der Waals surface area (Å²) in [5.41, 5.74) is 2.73. The lowest BCUT2D eigenvalue weighted by Crippen LogP contribution is -2.49. The van der Waals surface area contributed by atoms with E-state index >= 15 is 0 Å². The molecule has 2 aliphatic heterocycles. The molecule has 0 aromatic carbocycles. The molecule has 6 nitrogen and oxygen atoms in total. The lowest BCUT2D eigenvalue weighted by molar-refractivity contribution is 0.0584. The van der Waals surface area contributed by atoms with Crippen LogP contribution in [0.2, 0.25) is 0 Å². The smallest absolute Gasteiger partial charge is 0.272 e. The molecule has 2 atom stereocenters. The Kier molecular flexibility index (Phi) is 3.78. The number of aryl methyl sites for hydroxylation is 1. The maximum Gasteiger partial charge on any atom is 0.272 e. The van der Waals surface area contributed by atoms with Crippen LogP contribution in [0, 0.1) is 5.92 Å². The summed E-state index contributed by atoms with van der Waals surface area (Å²) in [5.74, 6) is 0.923. The number of pyridine rings is 1. The van der Waals surface area contributed by atoms with Gasteiger partial charge >= 0.3 is 0 Å². The number of rotatable bonds is 2. The van der Waals surface area contributed by atoms with Gasteiger partial charge in [0.15, 0.2) is 0 Å². The molecule has 2 aromatic rings. The Morgan fingerprint density at radius 3 is 2.76 bits per heavy atom. The standard InChI is InChI=1S/C19H24N4O2/c1-12(2)15-8-17(21(3)20-15)19(25)22-9-13-7-14(11-22)16-5-4-6-18(24)23(16)10-13/h4-6,8,12-14H,7,9-11H2,1-3H3. The van der Waals surface area contributed by atoms with E-state index in [0.717, 1.165) is 17.8 Å². The summed E-state index contributed by atoms with van der Waals surface area (Å²) < 4.78 is 3.59. The molecule has 2 aliphatic rings. The average molecular weight is 340 g/mol. The minimum Gasteiger partial charge on any atom is -0.336 e. The Hall–Kier alpha value is -2.37. The predicted molar refractivity (Wildman–Crippen MR) is 94.8 cm³/mol. The van der Waals surface area contributed by atoms with Gasteiger partial charge in [0.25, 0.3) is 11.5 Å². The van der Waals surface area contributed by atoms with Gasteiger partial charge in [0, 0.05) is 44.4 Å². The van der Waals surface area contributed by atoms with Crippen molar-refractivity contribution in [3.8, 4) is 0 Å². The van der Waals surface area contributed by atoms with Crippen molar-refractivity contribution >= 4 is 5.91 Å². The molecule has 25 heavy (non-hydrogen) atoms. The van der Waals surface area contributed by atoms with E-state index in [9.17, 15) is 9.59 Å². The minimum atomic E-state index is 0.0447. The van der Waals surface area contributed by atoms with Crippen molar-refractivity contribution in [2.24, 2.45) is 13.0 Å². The third-order valence-electron chi connectivity index (χ3n) is 5.48. The van der Waals surface area contributed by atoms with E-state index in [1.54, 1.807) is 10.7 Å². The van der Waals surface area contributed by atoms with Gasteiger partial charge in [-0.15, -0.1) is 0 Å². The lowest BCUT2D eigenvalue weighted by Gasteiger charge is -2.42. The minimum absolute atomic E-state index is 0.0447. The summed E-state index contributed by atoms with van der Waals surface area (Å²) in [5, 5.41) is 4.47. The molecule has 6 heteroatoms. The van der Waals surface area contributed by atoms with Crippen molar-refractivity contribution < 1.29 is 4.79 Å². The van der Waals surface area contributed by atoms with E-state index < -0.39 is 0 Å². The first-order valence-electron chi connectivity index (χ1n) is 8.97. The number of amides is 1. The highest BCUT2D eigenvalue weighted by Crippen LogP contribution is 2.35. The summed E-state index contributed by atoms with van der Waals surface area (Å²) in [6.07, 6.45) is 1.05. The summed E-state index contributed by atoms with van der Waals surface area (Å²) in [6.45, 7) is 6.24. The van der Waals surface area contributed by atoms with E-state index in [4.69, 9.17) is 0 Å². The number of nitrogens with zero attached hydrogens (tertiary/aromatic N) is 4. The van der Waals surface area contributed by atoms with Gasteiger partial charge in [-0.05, 0) is 30.4 Å². The van der Waals surface area contributed by atoms with Gasteiger partial charge in [-0.25, -0.2) is 0 Å². The first-order chi connectivity index (χ1) is 11.9. The van der Waals surface area contributed by atoms with Gasteiger partial charge in [-0.2, -0.15) is 5.10 Å². The molecule has 4 heterocycles. The number of hydrogen-bond acceptors (Lipinski definition) is 3.